The Morgan fingerprint density at radius 3 is 2.45 bits per heavy atom. The van der Waals surface area contributed by atoms with E-state index in [0.29, 0.717) is 18.0 Å². The van der Waals surface area contributed by atoms with Crippen molar-refractivity contribution in [3.8, 4) is 0 Å². The first-order chi connectivity index (χ1) is 9.60. The van der Waals surface area contributed by atoms with E-state index >= 15 is 0 Å². The van der Waals surface area contributed by atoms with Crippen LogP contribution in [0.3, 0.4) is 0 Å². The van der Waals surface area contributed by atoms with E-state index in [4.69, 9.17) is 5.10 Å². The van der Waals surface area contributed by atoms with E-state index in [1.165, 1.54) is 18.5 Å². The van der Waals surface area contributed by atoms with Gasteiger partial charge >= 0.3 is 0 Å². The molecule has 1 aromatic rings. The van der Waals surface area contributed by atoms with Gasteiger partial charge in [0.25, 0.3) is 0 Å². The fourth-order valence-corrected chi connectivity index (χ4v) is 2.74. The number of rotatable bonds is 10. The molecule has 1 N–H and O–H groups in total. The molecule has 0 radical (unpaired) electrons. The van der Waals surface area contributed by atoms with Gasteiger partial charge in [-0.15, -0.1) is 0 Å². The predicted molar refractivity (Wildman–Crippen MR) is 87.1 cm³/mol. The van der Waals surface area contributed by atoms with E-state index in [1.807, 2.05) is 0 Å². The molecule has 0 bridgehead atoms. The minimum atomic E-state index is 0.558. The standard InChI is InChI=1S/C17H33N3/c1-6-9-15(13-18-14(4)5)12-16-10-11-20(19-16)17(7-2)8-3/h10-11,14-15,17-18H,6-9,12-13H2,1-5H3. The molecule has 0 fully saturated rings. The summed E-state index contributed by atoms with van der Waals surface area (Å²) in [6, 6.07) is 3.33. The van der Waals surface area contributed by atoms with E-state index < -0.39 is 0 Å². The van der Waals surface area contributed by atoms with E-state index in [9.17, 15) is 0 Å². The Kier molecular flexibility index (Phi) is 7.90. The van der Waals surface area contributed by atoms with Crippen LogP contribution >= 0.6 is 0 Å². The lowest BCUT2D eigenvalue weighted by Crippen LogP contribution is -2.30. The fourth-order valence-electron chi connectivity index (χ4n) is 2.74. The lowest BCUT2D eigenvalue weighted by molar-refractivity contribution is 0.401. The zero-order valence-corrected chi connectivity index (χ0v) is 14.0. The van der Waals surface area contributed by atoms with Crippen LogP contribution in [0.1, 0.15) is 72.0 Å². The van der Waals surface area contributed by atoms with Gasteiger partial charge in [0.1, 0.15) is 0 Å². The molecule has 20 heavy (non-hydrogen) atoms. The zero-order chi connectivity index (χ0) is 15.0. The minimum absolute atomic E-state index is 0.558. The Morgan fingerprint density at radius 1 is 1.20 bits per heavy atom. The largest absolute Gasteiger partial charge is 0.314 e. The molecule has 1 aromatic heterocycles. The van der Waals surface area contributed by atoms with Gasteiger partial charge in [0.15, 0.2) is 0 Å². The van der Waals surface area contributed by atoms with Gasteiger partial charge in [-0.1, -0.05) is 41.0 Å². The topological polar surface area (TPSA) is 29.9 Å². The third kappa shape index (κ3) is 5.66. The summed E-state index contributed by atoms with van der Waals surface area (Å²) in [7, 11) is 0. The summed E-state index contributed by atoms with van der Waals surface area (Å²) in [5.41, 5.74) is 1.25. The van der Waals surface area contributed by atoms with Crippen LogP contribution in [0.4, 0.5) is 0 Å². The van der Waals surface area contributed by atoms with Crippen LogP contribution in [-0.2, 0) is 6.42 Å². The van der Waals surface area contributed by atoms with Crippen molar-refractivity contribution in [3.05, 3.63) is 18.0 Å². The third-order valence-electron chi connectivity index (χ3n) is 3.99. The average Bonchev–Trinajstić information content (AvgIpc) is 2.86. The summed E-state index contributed by atoms with van der Waals surface area (Å²) in [5, 5.41) is 8.36. The van der Waals surface area contributed by atoms with Gasteiger partial charge in [-0.05, 0) is 44.2 Å². The maximum atomic E-state index is 4.79. The highest BCUT2D eigenvalue weighted by molar-refractivity contribution is 5.01. The smallest absolute Gasteiger partial charge is 0.0627 e. The number of hydrogen-bond donors (Lipinski definition) is 1. The molecule has 0 spiro atoms. The minimum Gasteiger partial charge on any atom is -0.314 e. The third-order valence-corrected chi connectivity index (χ3v) is 3.99. The first-order valence-electron chi connectivity index (χ1n) is 8.38. The second-order valence-corrected chi connectivity index (χ2v) is 6.18. The number of nitrogens with zero attached hydrogens (tertiary/aromatic N) is 2. The summed E-state index contributed by atoms with van der Waals surface area (Å²) in [5.74, 6) is 0.701. The molecule has 0 saturated carbocycles. The summed E-state index contributed by atoms with van der Waals surface area (Å²) in [6.07, 6.45) is 8.09. The SMILES string of the molecule is CCCC(CNC(C)C)Cc1ccn(C(CC)CC)n1. The Labute approximate surface area is 125 Å². The average molecular weight is 279 g/mol. The van der Waals surface area contributed by atoms with Crippen LogP contribution in [0.15, 0.2) is 12.3 Å². The Balaban J connectivity index is 2.59. The van der Waals surface area contributed by atoms with Gasteiger partial charge < -0.3 is 5.32 Å². The van der Waals surface area contributed by atoms with Crippen LogP contribution in [0, 0.1) is 5.92 Å². The molecule has 3 heteroatoms. The lowest BCUT2D eigenvalue weighted by Gasteiger charge is -2.18. The Bertz CT molecular complexity index is 353. The summed E-state index contributed by atoms with van der Waals surface area (Å²) in [4.78, 5) is 0. The highest BCUT2D eigenvalue weighted by Gasteiger charge is 2.13. The maximum Gasteiger partial charge on any atom is 0.0627 e. The fraction of sp³-hybridized carbons (Fsp3) is 0.824. The number of aromatic nitrogens is 2. The van der Waals surface area contributed by atoms with Gasteiger partial charge in [-0.2, -0.15) is 5.10 Å². The van der Waals surface area contributed by atoms with Crippen molar-refractivity contribution in [2.45, 2.75) is 78.8 Å². The van der Waals surface area contributed by atoms with Crippen molar-refractivity contribution in [3.63, 3.8) is 0 Å². The second kappa shape index (κ2) is 9.17. The van der Waals surface area contributed by atoms with Crippen molar-refractivity contribution in [1.82, 2.24) is 15.1 Å². The molecule has 116 valence electrons. The molecule has 1 atom stereocenters. The molecule has 1 unspecified atom stereocenters. The number of hydrogen-bond acceptors (Lipinski definition) is 2. The molecule has 0 amide bonds. The van der Waals surface area contributed by atoms with Gasteiger partial charge in [-0.25, -0.2) is 0 Å². The van der Waals surface area contributed by atoms with Crippen LogP contribution in [0.25, 0.3) is 0 Å². The highest BCUT2D eigenvalue weighted by Crippen LogP contribution is 2.17. The van der Waals surface area contributed by atoms with Crippen molar-refractivity contribution in [2.75, 3.05) is 6.54 Å². The molecule has 1 rings (SSSR count). The molecule has 1 heterocycles. The second-order valence-electron chi connectivity index (χ2n) is 6.18. The first-order valence-corrected chi connectivity index (χ1v) is 8.38. The zero-order valence-electron chi connectivity index (χ0n) is 14.0. The van der Waals surface area contributed by atoms with Crippen molar-refractivity contribution in [2.24, 2.45) is 5.92 Å². The molecule has 0 aromatic carbocycles. The normalized spacial score (nSPS) is 13.3. The summed E-state index contributed by atoms with van der Waals surface area (Å²) < 4.78 is 2.16. The van der Waals surface area contributed by atoms with Gasteiger partial charge in [-0.3, -0.25) is 4.68 Å². The Hall–Kier alpha value is -0.830. The van der Waals surface area contributed by atoms with Crippen LogP contribution in [0.5, 0.6) is 0 Å². The van der Waals surface area contributed by atoms with Crippen LogP contribution in [0.2, 0.25) is 0 Å². The molecular weight excluding hydrogens is 246 g/mol. The van der Waals surface area contributed by atoms with Gasteiger partial charge in [0, 0.05) is 12.2 Å². The maximum absolute atomic E-state index is 4.79. The molecular formula is C17H33N3. The van der Waals surface area contributed by atoms with E-state index in [1.54, 1.807) is 0 Å². The van der Waals surface area contributed by atoms with Crippen LogP contribution < -0.4 is 5.32 Å². The van der Waals surface area contributed by atoms with Crippen molar-refractivity contribution < 1.29 is 0 Å². The molecule has 0 aliphatic rings. The molecule has 3 nitrogen and oxygen atoms in total. The van der Waals surface area contributed by atoms with E-state index in [-0.39, 0.29) is 0 Å². The quantitative estimate of drug-likeness (QED) is 0.695. The van der Waals surface area contributed by atoms with Crippen LogP contribution in [-0.4, -0.2) is 22.4 Å². The predicted octanol–water partition coefficient (Wildman–Crippen LogP) is 4.20. The molecule has 0 aliphatic carbocycles. The molecule has 0 aliphatic heterocycles. The monoisotopic (exact) mass is 279 g/mol. The highest BCUT2D eigenvalue weighted by atomic mass is 15.3. The Morgan fingerprint density at radius 2 is 1.90 bits per heavy atom. The number of nitrogens with one attached hydrogen (secondary N) is 1. The van der Waals surface area contributed by atoms with Crippen molar-refractivity contribution >= 4 is 0 Å². The van der Waals surface area contributed by atoms with Gasteiger partial charge in [0.2, 0.25) is 0 Å². The summed E-state index contributed by atoms with van der Waals surface area (Å²) in [6.45, 7) is 12.3. The van der Waals surface area contributed by atoms with Gasteiger partial charge in [0.05, 0.1) is 11.7 Å². The van der Waals surface area contributed by atoms with E-state index in [2.05, 4.69) is 56.9 Å². The van der Waals surface area contributed by atoms with Crippen molar-refractivity contribution in [1.29, 1.82) is 0 Å². The molecule has 0 saturated heterocycles. The lowest BCUT2D eigenvalue weighted by atomic mass is 9.98. The summed E-state index contributed by atoms with van der Waals surface area (Å²) >= 11 is 0. The van der Waals surface area contributed by atoms with E-state index in [0.717, 1.165) is 25.8 Å². The first kappa shape index (κ1) is 17.2.